The lowest BCUT2D eigenvalue weighted by atomic mass is 9.93. The van der Waals surface area contributed by atoms with E-state index in [1.807, 2.05) is 10.8 Å². The molecule has 0 aliphatic heterocycles. The normalized spacial score (nSPS) is 12.0. The van der Waals surface area contributed by atoms with Gasteiger partial charge in [-0.15, -0.1) is 11.3 Å². The second-order valence-corrected chi connectivity index (χ2v) is 5.99. The fraction of sp³-hybridized carbons (Fsp3) is 0.500. The highest BCUT2D eigenvalue weighted by molar-refractivity contribution is 7.09. The molecule has 0 aliphatic carbocycles. The maximum atomic E-state index is 5.62. The fourth-order valence-corrected chi connectivity index (χ4v) is 2.57. The molecule has 0 aliphatic rings. The van der Waals surface area contributed by atoms with Crippen molar-refractivity contribution in [2.45, 2.75) is 39.3 Å². The van der Waals surface area contributed by atoms with E-state index in [2.05, 4.69) is 36.1 Å². The number of nitrogens with two attached hydrogens (primary N) is 1. The molecule has 0 saturated carbocycles. The molecule has 0 radical (unpaired) electrons. The molecule has 2 rings (SSSR count). The van der Waals surface area contributed by atoms with Crippen molar-refractivity contribution in [3.63, 3.8) is 0 Å². The van der Waals surface area contributed by atoms with Gasteiger partial charge >= 0.3 is 0 Å². The molecule has 4 nitrogen and oxygen atoms in total. The Morgan fingerprint density at radius 3 is 2.76 bits per heavy atom. The van der Waals surface area contributed by atoms with Crippen LogP contribution >= 0.6 is 11.3 Å². The van der Waals surface area contributed by atoms with Crippen molar-refractivity contribution in [3.05, 3.63) is 34.3 Å². The minimum atomic E-state index is 0.111. The first kappa shape index (κ1) is 12.3. The van der Waals surface area contributed by atoms with Gasteiger partial charge in [-0.25, -0.2) is 9.97 Å². The number of hydrogen-bond donors (Lipinski definition) is 1. The van der Waals surface area contributed by atoms with E-state index in [4.69, 9.17) is 5.73 Å². The van der Waals surface area contributed by atoms with Gasteiger partial charge in [0, 0.05) is 23.2 Å². The molecule has 5 heteroatoms. The average molecular weight is 250 g/mol. The van der Waals surface area contributed by atoms with E-state index in [0.29, 0.717) is 6.54 Å². The highest BCUT2D eigenvalue weighted by Gasteiger charge is 2.17. The molecule has 17 heavy (non-hydrogen) atoms. The first-order valence-corrected chi connectivity index (χ1v) is 6.53. The van der Waals surface area contributed by atoms with Gasteiger partial charge in [-0.3, -0.25) is 0 Å². The number of imidazole rings is 1. The molecule has 2 heterocycles. The molecule has 0 fully saturated rings. The molecule has 0 unspecified atom stereocenters. The number of thiazole rings is 1. The van der Waals surface area contributed by atoms with Gasteiger partial charge in [-0.05, 0) is 0 Å². The molecule has 0 atom stereocenters. The number of hydrogen-bond acceptors (Lipinski definition) is 4. The zero-order valence-electron chi connectivity index (χ0n) is 10.5. The Balaban J connectivity index is 2.17. The van der Waals surface area contributed by atoms with Crippen molar-refractivity contribution in [1.82, 2.24) is 14.5 Å². The summed E-state index contributed by atoms with van der Waals surface area (Å²) in [4.78, 5) is 8.86. The molecule has 2 N–H and O–H groups in total. The van der Waals surface area contributed by atoms with E-state index < -0.39 is 0 Å². The van der Waals surface area contributed by atoms with Gasteiger partial charge in [0.25, 0.3) is 0 Å². The van der Waals surface area contributed by atoms with Crippen molar-refractivity contribution in [2.75, 3.05) is 0 Å². The van der Waals surface area contributed by atoms with Gasteiger partial charge in [0.1, 0.15) is 10.8 Å². The molecule has 0 aromatic carbocycles. The minimum Gasteiger partial charge on any atom is -0.327 e. The highest BCUT2D eigenvalue weighted by Crippen LogP contribution is 2.24. The Bertz CT molecular complexity index is 493. The molecule has 2 aromatic heterocycles. The fourth-order valence-electron chi connectivity index (χ4n) is 1.55. The van der Waals surface area contributed by atoms with Crippen LogP contribution in [-0.4, -0.2) is 14.5 Å². The first-order chi connectivity index (χ1) is 8.00. The van der Waals surface area contributed by atoms with Gasteiger partial charge in [-0.1, -0.05) is 20.8 Å². The van der Waals surface area contributed by atoms with Crippen LogP contribution in [0.5, 0.6) is 0 Å². The SMILES string of the molecule is CC(C)(C)c1csc(Cn2ccnc2CN)n1. The molecule has 92 valence electrons. The summed E-state index contributed by atoms with van der Waals surface area (Å²) in [5.41, 5.74) is 6.88. The average Bonchev–Trinajstić information content (AvgIpc) is 2.86. The third-order valence-electron chi connectivity index (χ3n) is 2.61. The van der Waals surface area contributed by atoms with Gasteiger partial charge in [0.15, 0.2) is 0 Å². The lowest BCUT2D eigenvalue weighted by molar-refractivity contribution is 0.569. The third-order valence-corrected chi connectivity index (χ3v) is 3.44. The van der Waals surface area contributed by atoms with Crippen molar-refractivity contribution < 1.29 is 0 Å². The largest absolute Gasteiger partial charge is 0.327 e. The van der Waals surface area contributed by atoms with E-state index in [0.717, 1.165) is 23.1 Å². The zero-order chi connectivity index (χ0) is 12.5. The minimum absolute atomic E-state index is 0.111. The lowest BCUT2D eigenvalue weighted by Crippen LogP contribution is -2.12. The summed E-state index contributed by atoms with van der Waals surface area (Å²) in [5.74, 6) is 0.900. The van der Waals surface area contributed by atoms with E-state index in [1.165, 1.54) is 0 Å². The van der Waals surface area contributed by atoms with Crippen LogP contribution in [0.25, 0.3) is 0 Å². The van der Waals surface area contributed by atoms with E-state index >= 15 is 0 Å². The summed E-state index contributed by atoms with van der Waals surface area (Å²) in [6.45, 7) is 7.74. The summed E-state index contributed by atoms with van der Waals surface area (Å²) >= 11 is 1.69. The molecule has 2 aromatic rings. The summed E-state index contributed by atoms with van der Waals surface area (Å²) in [6, 6.07) is 0. The van der Waals surface area contributed by atoms with Crippen LogP contribution in [0.1, 0.15) is 37.3 Å². The van der Waals surface area contributed by atoms with Crippen molar-refractivity contribution >= 4 is 11.3 Å². The second-order valence-electron chi connectivity index (χ2n) is 5.05. The molecular formula is C12H18N4S. The maximum Gasteiger partial charge on any atom is 0.122 e. The standard InChI is InChI=1S/C12H18N4S/c1-12(2,3)9-8-17-11(15-9)7-16-5-4-14-10(16)6-13/h4-5,8H,6-7,13H2,1-3H3. The topological polar surface area (TPSA) is 56.7 Å². The monoisotopic (exact) mass is 250 g/mol. The van der Waals surface area contributed by atoms with Crippen LogP contribution in [0.4, 0.5) is 0 Å². The Morgan fingerprint density at radius 2 is 2.18 bits per heavy atom. The Kier molecular flexibility index (Phi) is 3.31. The van der Waals surface area contributed by atoms with E-state index in [9.17, 15) is 0 Å². The highest BCUT2D eigenvalue weighted by atomic mass is 32.1. The van der Waals surface area contributed by atoms with Crippen LogP contribution in [0.2, 0.25) is 0 Å². The van der Waals surface area contributed by atoms with Gasteiger partial charge in [0.05, 0.1) is 18.8 Å². The molecular weight excluding hydrogens is 232 g/mol. The van der Waals surface area contributed by atoms with Crippen molar-refractivity contribution in [1.29, 1.82) is 0 Å². The maximum absolute atomic E-state index is 5.62. The van der Waals surface area contributed by atoms with Crippen LogP contribution in [0.15, 0.2) is 17.8 Å². The number of aromatic nitrogens is 3. The van der Waals surface area contributed by atoms with E-state index in [-0.39, 0.29) is 5.41 Å². The van der Waals surface area contributed by atoms with Crippen LogP contribution in [0, 0.1) is 0 Å². The molecule has 0 bridgehead atoms. The second kappa shape index (κ2) is 4.58. The van der Waals surface area contributed by atoms with Gasteiger partial charge < -0.3 is 10.3 Å². The summed E-state index contributed by atoms with van der Waals surface area (Å²) in [7, 11) is 0. The molecule has 0 amide bonds. The molecule has 0 spiro atoms. The Labute approximate surface area is 106 Å². The predicted octanol–water partition coefficient (Wildman–Crippen LogP) is 2.14. The Morgan fingerprint density at radius 1 is 1.41 bits per heavy atom. The van der Waals surface area contributed by atoms with Gasteiger partial charge in [-0.2, -0.15) is 0 Å². The number of nitrogens with zero attached hydrogens (tertiary/aromatic N) is 3. The molecule has 0 saturated heterocycles. The smallest absolute Gasteiger partial charge is 0.122 e. The quantitative estimate of drug-likeness (QED) is 0.908. The summed E-state index contributed by atoms with van der Waals surface area (Å²) in [6.07, 6.45) is 3.72. The lowest BCUT2D eigenvalue weighted by Gasteiger charge is -2.14. The van der Waals surface area contributed by atoms with Crippen molar-refractivity contribution in [3.8, 4) is 0 Å². The first-order valence-electron chi connectivity index (χ1n) is 5.65. The zero-order valence-corrected chi connectivity index (χ0v) is 11.3. The van der Waals surface area contributed by atoms with Crippen molar-refractivity contribution in [2.24, 2.45) is 5.73 Å². The Hall–Kier alpha value is -1.20. The predicted molar refractivity (Wildman–Crippen MR) is 70.0 cm³/mol. The summed E-state index contributed by atoms with van der Waals surface area (Å²) in [5, 5.41) is 3.23. The summed E-state index contributed by atoms with van der Waals surface area (Å²) < 4.78 is 2.05. The van der Waals surface area contributed by atoms with Crippen LogP contribution in [0.3, 0.4) is 0 Å². The third kappa shape index (κ3) is 2.73. The van der Waals surface area contributed by atoms with E-state index in [1.54, 1.807) is 17.5 Å². The van der Waals surface area contributed by atoms with Gasteiger partial charge in [0.2, 0.25) is 0 Å². The van der Waals surface area contributed by atoms with Crippen LogP contribution in [-0.2, 0) is 18.5 Å². The number of rotatable bonds is 3. The van der Waals surface area contributed by atoms with Crippen LogP contribution < -0.4 is 5.73 Å².